The maximum Gasteiger partial charge on any atom is 0.291 e. The Labute approximate surface area is 167 Å². The number of carbonyl (C=O) groups excluding carboxylic acids is 1. The fourth-order valence-electron chi connectivity index (χ4n) is 4.37. The van der Waals surface area contributed by atoms with E-state index in [-0.39, 0.29) is 17.1 Å². The molecule has 0 bridgehead atoms. The van der Waals surface area contributed by atoms with E-state index in [0.717, 1.165) is 31.4 Å². The molecule has 1 aliphatic carbocycles. The molecule has 1 saturated heterocycles. The molecule has 2 aliphatic rings. The highest BCUT2D eigenvalue weighted by Gasteiger charge is 2.45. The summed E-state index contributed by atoms with van der Waals surface area (Å²) in [6.07, 6.45) is 8.81. The second kappa shape index (κ2) is 6.61. The minimum atomic E-state index is -0.147. The van der Waals surface area contributed by atoms with Gasteiger partial charge in [-0.2, -0.15) is 4.98 Å². The van der Waals surface area contributed by atoms with E-state index in [0.29, 0.717) is 25.0 Å². The highest BCUT2D eigenvalue weighted by atomic mass is 16.2. The molecule has 1 atom stereocenters. The zero-order valence-electron chi connectivity index (χ0n) is 16.4. The van der Waals surface area contributed by atoms with Crippen molar-refractivity contribution in [1.82, 2.24) is 44.8 Å². The summed E-state index contributed by atoms with van der Waals surface area (Å²) in [7, 11) is 3.88. The van der Waals surface area contributed by atoms with E-state index in [4.69, 9.17) is 4.98 Å². The lowest BCUT2D eigenvalue weighted by Crippen LogP contribution is -2.48. The molecule has 1 spiro atoms. The van der Waals surface area contributed by atoms with Crippen LogP contribution in [0.5, 0.6) is 0 Å². The fourth-order valence-corrected chi connectivity index (χ4v) is 4.37. The van der Waals surface area contributed by atoms with Crippen molar-refractivity contribution in [1.29, 1.82) is 0 Å². The Morgan fingerprint density at radius 3 is 2.83 bits per heavy atom. The molecule has 1 N–H and O–H groups in total. The number of hydrogen-bond donors (Lipinski definition) is 1. The quantitative estimate of drug-likeness (QED) is 0.676. The van der Waals surface area contributed by atoms with Crippen LogP contribution in [0.2, 0.25) is 0 Å². The molecule has 29 heavy (non-hydrogen) atoms. The third kappa shape index (κ3) is 2.93. The van der Waals surface area contributed by atoms with Crippen LogP contribution in [0, 0.1) is 0 Å². The topological polar surface area (TPSA) is 122 Å². The summed E-state index contributed by atoms with van der Waals surface area (Å²) in [5.41, 5.74) is 2.17. The van der Waals surface area contributed by atoms with E-state index >= 15 is 0 Å². The van der Waals surface area contributed by atoms with Crippen LogP contribution in [0.3, 0.4) is 0 Å². The van der Waals surface area contributed by atoms with E-state index in [9.17, 15) is 4.79 Å². The van der Waals surface area contributed by atoms with Crippen molar-refractivity contribution < 1.29 is 4.79 Å². The summed E-state index contributed by atoms with van der Waals surface area (Å²) in [6.45, 7) is 1.33. The summed E-state index contributed by atoms with van der Waals surface area (Å²) in [5, 5.41) is 14.3. The zero-order chi connectivity index (χ0) is 20.0. The van der Waals surface area contributed by atoms with Crippen molar-refractivity contribution in [2.75, 3.05) is 32.1 Å². The number of aryl methyl sites for hydroxylation is 1. The van der Waals surface area contributed by atoms with Gasteiger partial charge in [-0.3, -0.25) is 14.5 Å². The number of hydrogen-bond acceptors (Lipinski definition) is 8. The number of carbonyl (C=O) groups is 1. The smallest absolute Gasteiger partial charge is 0.291 e. The first-order valence-corrected chi connectivity index (χ1v) is 9.66. The van der Waals surface area contributed by atoms with Crippen molar-refractivity contribution in [3.8, 4) is 5.95 Å². The highest BCUT2D eigenvalue weighted by Crippen LogP contribution is 2.44. The summed E-state index contributed by atoms with van der Waals surface area (Å²) < 4.78 is 1.55. The third-order valence-electron chi connectivity index (χ3n) is 5.82. The number of nitrogens with zero attached hydrogens (tertiary/aromatic N) is 9. The van der Waals surface area contributed by atoms with Crippen LogP contribution in [0.4, 0.5) is 5.95 Å². The summed E-state index contributed by atoms with van der Waals surface area (Å²) in [6, 6.07) is 0. The number of aromatic nitrogens is 8. The largest absolute Gasteiger partial charge is 0.347 e. The summed E-state index contributed by atoms with van der Waals surface area (Å²) in [5.74, 6) is 1.13. The van der Waals surface area contributed by atoms with Gasteiger partial charge in [0.15, 0.2) is 0 Å². The monoisotopic (exact) mass is 394 g/mol. The number of likely N-dealkylation sites (tertiary alicyclic amines) is 1. The van der Waals surface area contributed by atoms with Crippen LogP contribution >= 0.6 is 0 Å². The van der Waals surface area contributed by atoms with E-state index in [1.165, 1.54) is 18.2 Å². The molecule has 1 fully saturated rings. The first-order chi connectivity index (χ1) is 14.1. The minimum Gasteiger partial charge on any atom is -0.347 e. The van der Waals surface area contributed by atoms with Gasteiger partial charge in [0.2, 0.25) is 11.8 Å². The maximum absolute atomic E-state index is 13.1. The van der Waals surface area contributed by atoms with Crippen molar-refractivity contribution in [3.05, 3.63) is 35.9 Å². The molecular weight excluding hydrogens is 372 g/mol. The Balaban J connectivity index is 1.41. The van der Waals surface area contributed by atoms with Crippen LogP contribution in [0.15, 0.2) is 18.9 Å². The molecule has 0 aromatic carbocycles. The van der Waals surface area contributed by atoms with E-state index < -0.39 is 0 Å². The average Bonchev–Trinajstić information content (AvgIpc) is 3.48. The van der Waals surface area contributed by atoms with Gasteiger partial charge in [0, 0.05) is 38.8 Å². The molecule has 3 aromatic heterocycles. The molecule has 11 nitrogen and oxygen atoms in total. The van der Waals surface area contributed by atoms with Crippen LogP contribution in [0.1, 0.15) is 41.1 Å². The second-order valence-electron chi connectivity index (χ2n) is 7.90. The molecule has 3 aromatic rings. The number of fused-ring (bicyclic) bond motifs is 2. The molecule has 5 rings (SSSR count). The van der Waals surface area contributed by atoms with Gasteiger partial charge in [-0.05, 0) is 31.2 Å². The first-order valence-electron chi connectivity index (χ1n) is 9.66. The highest BCUT2D eigenvalue weighted by molar-refractivity contribution is 5.90. The van der Waals surface area contributed by atoms with Gasteiger partial charge in [0.1, 0.15) is 12.7 Å². The third-order valence-corrected chi connectivity index (χ3v) is 5.82. The van der Waals surface area contributed by atoms with E-state index in [1.54, 1.807) is 4.57 Å². The number of anilines is 1. The van der Waals surface area contributed by atoms with Gasteiger partial charge in [-0.25, -0.2) is 9.97 Å². The van der Waals surface area contributed by atoms with Gasteiger partial charge in [-0.1, -0.05) is 0 Å². The van der Waals surface area contributed by atoms with Crippen molar-refractivity contribution in [2.24, 2.45) is 0 Å². The summed E-state index contributed by atoms with van der Waals surface area (Å²) >= 11 is 0. The normalized spacial score (nSPS) is 20.8. The molecule has 11 heteroatoms. The van der Waals surface area contributed by atoms with Crippen molar-refractivity contribution >= 4 is 11.9 Å². The molecule has 150 valence electrons. The van der Waals surface area contributed by atoms with Gasteiger partial charge < -0.3 is 9.80 Å². The van der Waals surface area contributed by atoms with E-state index in [1.807, 2.05) is 30.1 Å². The van der Waals surface area contributed by atoms with Gasteiger partial charge in [0.25, 0.3) is 11.9 Å². The van der Waals surface area contributed by atoms with Crippen LogP contribution in [-0.2, 0) is 11.8 Å². The molecular formula is C18H22N10O. The molecule has 0 saturated carbocycles. The van der Waals surface area contributed by atoms with Crippen LogP contribution < -0.4 is 4.90 Å². The molecule has 1 amide bonds. The average molecular weight is 394 g/mol. The fraction of sp³-hybridized carbons (Fsp3) is 0.500. The lowest BCUT2D eigenvalue weighted by molar-refractivity contribution is 0.0621. The first kappa shape index (κ1) is 17.7. The van der Waals surface area contributed by atoms with Crippen molar-refractivity contribution in [2.45, 2.75) is 31.1 Å². The van der Waals surface area contributed by atoms with Crippen molar-refractivity contribution in [3.63, 3.8) is 0 Å². The van der Waals surface area contributed by atoms with Gasteiger partial charge in [-0.15, -0.1) is 15.3 Å². The summed E-state index contributed by atoms with van der Waals surface area (Å²) in [4.78, 5) is 30.5. The number of piperidine rings is 1. The van der Waals surface area contributed by atoms with Crippen LogP contribution in [0.25, 0.3) is 5.95 Å². The molecule has 0 radical (unpaired) electrons. The number of amides is 1. The number of aromatic amines is 1. The second-order valence-corrected chi connectivity index (χ2v) is 7.90. The Kier molecular flexibility index (Phi) is 4.03. The molecule has 4 heterocycles. The minimum absolute atomic E-state index is 0.117. The SMILES string of the molecule is CN(C)c1ncc2c(n1)C1(CCCN(C(=O)c3nc(-n4cnnc4)n[nH]3)C1)CC2. The Morgan fingerprint density at radius 2 is 2.03 bits per heavy atom. The zero-order valence-corrected chi connectivity index (χ0v) is 16.4. The number of H-pyrrole nitrogens is 1. The molecule has 1 unspecified atom stereocenters. The maximum atomic E-state index is 13.1. The lowest BCUT2D eigenvalue weighted by atomic mass is 9.77. The Bertz CT molecular complexity index is 1040. The van der Waals surface area contributed by atoms with Gasteiger partial charge in [0.05, 0.1) is 5.69 Å². The van der Waals surface area contributed by atoms with Crippen LogP contribution in [-0.4, -0.2) is 77.9 Å². The Hall–Kier alpha value is -3.37. The standard InChI is InChI=1S/C18H22N10O/c1-26(2)16-19-8-12-4-6-18(13(12)22-16)5-3-7-27(9-18)15(29)14-23-17(25-24-14)28-10-20-21-11-28/h8,10-11H,3-7,9H2,1-2H3,(H,23,24,25). The van der Waals surface area contributed by atoms with Gasteiger partial charge >= 0.3 is 0 Å². The number of nitrogens with one attached hydrogen (secondary N) is 1. The molecule has 1 aliphatic heterocycles. The predicted molar refractivity (Wildman–Crippen MR) is 103 cm³/mol. The number of rotatable bonds is 3. The van der Waals surface area contributed by atoms with E-state index in [2.05, 4.69) is 30.4 Å². The Morgan fingerprint density at radius 1 is 1.21 bits per heavy atom. The predicted octanol–water partition coefficient (Wildman–Crippen LogP) is 0.362. The lowest BCUT2D eigenvalue weighted by Gasteiger charge is -2.40.